The number of benzene rings is 2. The van der Waals surface area contributed by atoms with E-state index in [0.29, 0.717) is 6.42 Å². The third-order valence-corrected chi connectivity index (χ3v) is 5.51. The molecule has 0 saturated carbocycles. The quantitative estimate of drug-likeness (QED) is 0.689. The highest BCUT2D eigenvalue weighted by Crippen LogP contribution is 2.48. The van der Waals surface area contributed by atoms with Crippen LogP contribution in [-0.4, -0.2) is 30.6 Å². The second-order valence-electron chi connectivity index (χ2n) is 7.07. The molecular weight excluding hydrogens is 368 g/mol. The van der Waals surface area contributed by atoms with Crippen LogP contribution in [0, 0.1) is 23.0 Å². The molecule has 1 saturated heterocycles. The fourth-order valence-corrected chi connectivity index (χ4v) is 4.36. The normalized spacial score (nSPS) is 21.1. The lowest BCUT2D eigenvalue weighted by molar-refractivity contribution is 0.195. The number of halogens is 3. The van der Waals surface area contributed by atoms with Crippen molar-refractivity contribution in [1.29, 1.82) is 5.26 Å². The molecule has 142 valence electrons. The minimum atomic E-state index is -0.254. The summed E-state index contributed by atoms with van der Waals surface area (Å²) in [4.78, 5) is 4.62. The van der Waals surface area contributed by atoms with Crippen molar-refractivity contribution in [3.05, 3.63) is 59.7 Å². The molecule has 2 heterocycles. The first-order valence-electron chi connectivity index (χ1n) is 9.11. The van der Waals surface area contributed by atoms with Crippen molar-refractivity contribution in [3.8, 4) is 6.07 Å². The maximum atomic E-state index is 13.9. The third-order valence-electron chi connectivity index (χ3n) is 5.51. The molecule has 1 unspecified atom stereocenters. The standard InChI is InChI=1S/C21H21F2N3.ClH/c22-15-3-6-17(7-4-15)26-20-8-5-16(23)13-18(20)19-14-25(11-2-1-10-24)12-9-21(19)26;/h3-8,13,19,21H,1-2,9,11-12,14H2;1H/t19?,21-;/m1./s1. The van der Waals surface area contributed by atoms with Gasteiger partial charge in [-0.15, -0.1) is 12.4 Å². The molecule has 2 atom stereocenters. The number of nitriles is 1. The highest BCUT2D eigenvalue weighted by molar-refractivity contribution is 5.85. The van der Waals surface area contributed by atoms with Crippen LogP contribution in [-0.2, 0) is 0 Å². The average Bonchev–Trinajstić information content (AvgIpc) is 2.96. The van der Waals surface area contributed by atoms with Gasteiger partial charge in [0.2, 0.25) is 0 Å². The van der Waals surface area contributed by atoms with E-state index in [1.165, 1.54) is 18.2 Å². The number of hydrogen-bond acceptors (Lipinski definition) is 3. The van der Waals surface area contributed by atoms with Gasteiger partial charge in [-0.05, 0) is 67.4 Å². The van der Waals surface area contributed by atoms with Crippen LogP contribution in [0.2, 0.25) is 0 Å². The third kappa shape index (κ3) is 3.78. The fraction of sp³-hybridized carbons (Fsp3) is 0.381. The molecule has 0 radical (unpaired) electrons. The Morgan fingerprint density at radius 3 is 2.56 bits per heavy atom. The van der Waals surface area contributed by atoms with E-state index in [1.807, 2.05) is 6.07 Å². The largest absolute Gasteiger partial charge is 0.337 e. The van der Waals surface area contributed by atoms with E-state index < -0.39 is 0 Å². The molecule has 4 rings (SSSR count). The number of rotatable bonds is 4. The van der Waals surface area contributed by atoms with Crippen molar-refractivity contribution < 1.29 is 8.78 Å². The summed E-state index contributed by atoms with van der Waals surface area (Å²) < 4.78 is 27.3. The smallest absolute Gasteiger partial charge is 0.123 e. The Hall–Kier alpha value is -2.16. The second kappa shape index (κ2) is 8.24. The molecule has 0 bridgehead atoms. The Morgan fingerprint density at radius 1 is 1.07 bits per heavy atom. The number of piperidine rings is 1. The van der Waals surface area contributed by atoms with Gasteiger partial charge in [0.25, 0.3) is 0 Å². The van der Waals surface area contributed by atoms with E-state index in [4.69, 9.17) is 5.26 Å². The predicted molar refractivity (Wildman–Crippen MR) is 105 cm³/mol. The molecule has 2 aliphatic heterocycles. The summed E-state index contributed by atoms with van der Waals surface area (Å²) >= 11 is 0. The second-order valence-corrected chi connectivity index (χ2v) is 7.07. The lowest BCUT2D eigenvalue weighted by Gasteiger charge is -2.39. The monoisotopic (exact) mass is 389 g/mol. The average molecular weight is 390 g/mol. The number of nitrogens with zero attached hydrogens (tertiary/aromatic N) is 3. The maximum absolute atomic E-state index is 13.9. The molecule has 2 aliphatic rings. The van der Waals surface area contributed by atoms with Crippen LogP contribution < -0.4 is 4.90 Å². The van der Waals surface area contributed by atoms with Crippen LogP contribution in [0.3, 0.4) is 0 Å². The Balaban J connectivity index is 0.00000210. The van der Waals surface area contributed by atoms with Crippen LogP contribution in [0.25, 0.3) is 0 Å². The Bertz CT molecular complexity index is 834. The summed E-state index contributed by atoms with van der Waals surface area (Å²) in [6, 6.07) is 14.0. The molecule has 1 fully saturated rings. The molecule has 0 spiro atoms. The first-order chi connectivity index (χ1) is 12.7. The van der Waals surface area contributed by atoms with Gasteiger partial charge in [0, 0.05) is 42.8 Å². The molecule has 0 N–H and O–H groups in total. The van der Waals surface area contributed by atoms with E-state index in [2.05, 4.69) is 15.9 Å². The lowest BCUT2D eigenvalue weighted by atomic mass is 9.89. The van der Waals surface area contributed by atoms with Crippen LogP contribution in [0.1, 0.15) is 30.7 Å². The van der Waals surface area contributed by atoms with Crippen molar-refractivity contribution in [2.45, 2.75) is 31.2 Å². The van der Waals surface area contributed by atoms with Crippen molar-refractivity contribution in [2.75, 3.05) is 24.5 Å². The fourth-order valence-electron chi connectivity index (χ4n) is 4.36. The summed E-state index contributed by atoms with van der Waals surface area (Å²) in [7, 11) is 0. The zero-order chi connectivity index (χ0) is 18.1. The Morgan fingerprint density at radius 2 is 1.81 bits per heavy atom. The number of unbranched alkanes of at least 4 members (excludes halogenated alkanes) is 1. The van der Waals surface area contributed by atoms with Crippen LogP contribution in [0.4, 0.5) is 20.2 Å². The predicted octanol–water partition coefficient (Wildman–Crippen LogP) is 5.00. The molecule has 2 aromatic carbocycles. The van der Waals surface area contributed by atoms with Crippen molar-refractivity contribution in [1.82, 2.24) is 4.90 Å². The van der Waals surface area contributed by atoms with Gasteiger partial charge in [-0.3, -0.25) is 0 Å². The first kappa shape index (κ1) is 19.6. The van der Waals surface area contributed by atoms with E-state index >= 15 is 0 Å². The molecule has 2 aromatic rings. The molecule has 6 heteroatoms. The van der Waals surface area contributed by atoms with Gasteiger partial charge in [0.15, 0.2) is 0 Å². The highest BCUT2D eigenvalue weighted by Gasteiger charge is 2.42. The SMILES string of the molecule is Cl.N#CCCCN1CC[C@@H]2C(C1)c1cc(F)ccc1N2c1ccc(F)cc1. The molecule has 0 aliphatic carbocycles. The summed E-state index contributed by atoms with van der Waals surface area (Å²) in [6.07, 6.45) is 2.40. The zero-order valence-electron chi connectivity index (χ0n) is 14.9. The van der Waals surface area contributed by atoms with Gasteiger partial charge in [-0.25, -0.2) is 8.78 Å². The van der Waals surface area contributed by atoms with E-state index in [9.17, 15) is 8.78 Å². The summed E-state index contributed by atoms with van der Waals surface area (Å²) in [6.45, 7) is 2.73. The van der Waals surface area contributed by atoms with Crippen LogP contribution in [0.5, 0.6) is 0 Å². The number of hydrogen-bond donors (Lipinski definition) is 0. The maximum Gasteiger partial charge on any atom is 0.123 e. The minimum absolute atomic E-state index is 0. The zero-order valence-corrected chi connectivity index (χ0v) is 15.8. The topological polar surface area (TPSA) is 30.3 Å². The molecule has 0 amide bonds. The number of fused-ring (bicyclic) bond motifs is 3. The van der Waals surface area contributed by atoms with Gasteiger partial charge in [-0.2, -0.15) is 5.26 Å². The highest BCUT2D eigenvalue weighted by atomic mass is 35.5. The molecule has 0 aromatic heterocycles. The van der Waals surface area contributed by atoms with Gasteiger partial charge in [0.1, 0.15) is 11.6 Å². The lowest BCUT2D eigenvalue weighted by Crippen LogP contribution is -2.45. The van der Waals surface area contributed by atoms with Crippen LogP contribution >= 0.6 is 12.4 Å². The van der Waals surface area contributed by atoms with E-state index in [-0.39, 0.29) is 36.0 Å². The molecule has 3 nitrogen and oxygen atoms in total. The Kier molecular flexibility index (Phi) is 5.98. The molecule has 27 heavy (non-hydrogen) atoms. The number of anilines is 2. The molecular formula is C21H22ClF2N3. The van der Waals surface area contributed by atoms with Crippen molar-refractivity contribution in [3.63, 3.8) is 0 Å². The summed E-state index contributed by atoms with van der Waals surface area (Å²) in [5, 5.41) is 8.74. The summed E-state index contributed by atoms with van der Waals surface area (Å²) in [5.74, 6) is -0.247. The van der Waals surface area contributed by atoms with E-state index in [1.54, 1.807) is 18.2 Å². The van der Waals surface area contributed by atoms with Gasteiger partial charge >= 0.3 is 0 Å². The number of likely N-dealkylation sites (tertiary alicyclic amines) is 1. The van der Waals surface area contributed by atoms with Gasteiger partial charge in [-0.1, -0.05) is 0 Å². The Labute approximate surface area is 164 Å². The van der Waals surface area contributed by atoms with Gasteiger partial charge in [0.05, 0.1) is 6.07 Å². The minimum Gasteiger partial charge on any atom is -0.337 e. The van der Waals surface area contributed by atoms with Crippen molar-refractivity contribution in [2.24, 2.45) is 0 Å². The van der Waals surface area contributed by atoms with E-state index in [0.717, 1.165) is 49.4 Å². The first-order valence-corrected chi connectivity index (χ1v) is 9.11. The van der Waals surface area contributed by atoms with Crippen molar-refractivity contribution >= 4 is 23.8 Å². The van der Waals surface area contributed by atoms with Gasteiger partial charge < -0.3 is 9.80 Å². The summed E-state index contributed by atoms with van der Waals surface area (Å²) in [5.41, 5.74) is 3.00. The van der Waals surface area contributed by atoms with Crippen LogP contribution in [0.15, 0.2) is 42.5 Å².